The minimum atomic E-state index is 0.0764. The maximum atomic E-state index is 13.3. The normalized spacial score (nSPS) is 12.0. The second-order valence-corrected chi connectivity index (χ2v) is 7.87. The maximum absolute atomic E-state index is 13.3. The summed E-state index contributed by atoms with van der Waals surface area (Å²) in [5, 5.41) is 0.762. The summed E-state index contributed by atoms with van der Waals surface area (Å²) >= 11 is 6.35. The first-order valence-electron chi connectivity index (χ1n) is 10.3. The van der Waals surface area contributed by atoms with Gasteiger partial charge in [-0.3, -0.25) is 4.79 Å². The lowest BCUT2D eigenvalue weighted by Gasteiger charge is -2.29. The third-order valence-corrected chi connectivity index (χ3v) is 5.92. The Hall–Kier alpha value is -2.52. The number of carbonyl (C=O) groups excluding carboxylic acids is 1. The van der Waals surface area contributed by atoms with Crippen LogP contribution in [0.2, 0.25) is 5.02 Å². The van der Waals surface area contributed by atoms with E-state index in [1.54, 1.807) is 0 Å². The zero-order valence-corrected chi connectivity index (χ0v) is 18.2. The largest absolute Gasteiger partial charge is 0.345 e. The van der Waals surface area contributed by atoms with Gasteiger partial charge >= 0.3 is 0 Å². The van der Waals surface area contributed by atoms with Crippen LogP contribution in [0.3, 0.4) is 0 Å². The summed E-state index contributed by atoms with van der Waals surface area (Å²) in [6.45, 7) is 7.61. The molecular weight excluding hydrogens is 380 g/mol. The standard InChI is InChI=1S/C25H29ClN2O/c1-4-19(3)28(25(29)21-14-12-20(5-2)13-15-21)18-23-10-8-16-27(23)17-22-9-6-7-11-24(22)26/h6-16,19H,4-5,17-18H2,1-3H3. The average molecular weight is 409 g/mol. The molecule has 3 rings (SSSR count). The van der Waals surface area contributed by atoms with Crippen molar-refractivity contribution in [3.63, 3.8) is 0 Å². The highest BCUT2D eigenvalue weighted by molar-refractivity contribution is 6.31. The van der Waals surface area contributed by atoms with E-state index in [-0.39, 0.29) is 11.9 Å². The SMILES string of the molecule is CCc1ccc(C(=O)N(Cc2cccn2Cc2ccccc2Cl)C(C)CC)cc1. The molecule has 0 aliphatic heterocycles. The molecule has 1 amide bonds. The Morgan fingerprint density at radius 2 is 1.76 bits per heavy atom. The zero-order valence-electron chi connectivity index (χ0n) is 17.4. The second-order valence-electron chi connectivity index (χ2n) is 7.46. The highest BCUT2D eigenvalue weighted by Crippen LogP contribution is 2.20. The van der Waals surface area contributed by atoms with Gasteiger partial charge in [-0.15, -0.1) is 0 Å². The van der Waals surface area contributed by atoms with Gasteiger partial charge in [0, 0.05) is 35.1 Å². The molecule has 1 aromatic heterocycles. The number of hydrogen-bond acceptors (Lipinski definition) is 1. The summed E-state index contributed by atoms with van der Waals surface area (Å²) in [5.74, 6) is 0.0764. The van der Waals surface area contributed by atoms with Crippen molar-refractivity contribution in [2.24, 2.45) is 0 Å². The predicted octanol–water partition coefficient (Wildman–Crippen LogP) is 6.19. The topological polar surface area (TPSA) is 25.2 Å². The summed E-state index contributed by atoms with van der Waals surface area (Å²) in [7, 11) is 0. The van der Waals surface area contributed by atoms with Crippen molar-refractivity contribution in [3.8, 4) is 0 Å². The van der Waals surface area contributed by atoms with Crippen LogP contribution in [0.15, 0.2) is 66.9 Å². The van der Waals surface area contributed by atoms with Gasteiger partial charge in [0.1, 0.15) is 0 Å². The monoisotopic (exact) mass is 408 g/mol. The maximum Gasteiger partial charge on any atom is 0.254 e. The second kappa shape index (κ2) is 9.80. The van der Waals surface area contributed by atoms with Crippen molar-refractivity contribution in [3.05, 3.63) is 94.3 Å². The van der Waals surface area contributed by atoms with Crippen LogP contribution < -0.4 is 0 Å². The van der Waals surface area contributed by atoms with Crippen molar-refractivity contribution in [2.45, 2.75) is 52.7 Å². The highest BCUT2D eigenvalue weighted by Gasteiger charge is 2.22. The highest BCUT2D eigenvalue weighted by atomic mass is 35.5. The predicted molar refractivity (Wildman–Crippen MR) is 120 cm³/mol. The number of aromatic nitrogens is 1. The molecule has 1 atom stereocenters. The molecule has 2 aromatic carbocycles. The summed E-state index contributed by atoms with van der Waals surface area (Å²) in [4.78, 5) is 15.3. The third kappa shape index (κ3) is 5.10. The van der Waals surface area contributed by atoms with Crippen molar-refractivity contribution < 1.29 is 4.79 Å². The van der Waals surface area contributed by atoms with Gasteiger partial charge < -0.3 is 9.47 Å². The van der Waals surface area contributed by atoms with Crippen molar-refractivity contribution in [1.29, 1.82) is 0 Å². The number of amides is 1. The number of halogens is 1. The van der Waals surface area contributed by atoms with Crippen LogP contribution in [0.1, 0.15) is 54.4 Å². The molecule has 0 aliphatic rings. The van der Waals surface area contributed by atoms with Gasteiger partial charge in [-0.25, -0.2) is 0 Å². The zero-order chi connectivity index (χ0) is 20.8. The molecule has 0 spiro atoms. The fourth-order valence-electron chi connectivity index (χ4n) is 3.43. The minimum absolute atomic E-state index is 0.0764. The van der Waals surface area contributed by atoms with Crippen molar-refractivity contribution in [1.82, 2.24) is 9.47 Å². The van der Waals surface area contributed by atoms with E-state index in [9.17, 15) is 4.79 Å². The molecule has 152 valence electrons. The number of benzene rings is 2. The number of carbonyl (C=O) groups is 1. The van der Waals surface area contributed by atoms with Gasteiger partial charge in [-0.05, 0) is 61.2 Å². The number of aryl methyl sites for hydroxylation is 1. The molecule has 0 N–H and O–H groups in total. The van der Waals surface area contributed by atoms with Crippen LogP contribution in [-0.2, 0) is 19.5 Å². The lowest BCUT2D eigenvalue weighted by atomic mass is 10.1. The van der Waals surface area contributed by atoms with E-state index in [0.29, 0.717) is 13.1 Å². The van der Waals surface area contributed by atoms with Gasteiger partial charge in [-0.1, -0.05) is 55.8 Å². The first-order valence-corrected chi connectivity index (χ1v) is 10.7. The smallest absolute Gasteiger partial charge is 0.254 e. The number of nitrogens with zero attached hydrogens (tertiary/aromatic N) is 2. The van der Waals surface area contributed by atoms with E-state index in [1.807, 2.05) is 65.7 Å². The van der Waals surface area contributed by atoms with Crippen molar-refractivity contribution >= 4 is 17.5 Å². The van der Waals surface area contributed by atoms with Crippen LogP contribution in [0.4, 0.5) is 0 Å². The fourth-order valence-corrected chi connectivity index (χ4v) is 3.62. The number of rotatable bonds is 8. The van der Waals surface area contributed by atoms with Gasteiger partial charge in [-0.2, -0.15) is 0 Å². The van der Waals surface area contributed by atoms with Crippen LogP contribution in [0, 0.1) is 0 Å². The van der Waals surface area contributed by atoms with E-state index >= 15 is 0 Å². The Labute approximate surface area is 178 Å². The van der Waals surface area contributed by atoms with Gasteiger partial charge in [0.2, 0.25) is 0 Å². The Morgan fingerprint density at radius 1 is 1.03 bits per heavy atom. The summed E-state index contributed by atoms with van der Waals surface area (Å²) in [6, 6.07) is 20.1. The van der Waals surface area contributed by atoms with Gasteiger partial charge in [0.25, 0.3) is 5.91 Å². The van der Waals surface area contributed by atoms with E-state index in [4.69, 9.17) is 11.6 Å². The van der Waals surface area contributed by atoms with E-state index < -0.39 is 0 Å². The first kappa shape index (κ1) is 21.2. The molecule has 1 heterocycles. The molecule has 0 aliphatic carbocycles. The molecule has 29 heavy (non-hydrogen) atoms. The Morgan fingerprint density at radius 3 is 2.41 bits per heavy atom. The van der Waals surface area contributed by atoms with Gasteiger partial charge in [0.05, 0.1) is 6.54 Å². The molecule has 0 saturated heterocycles. The van der Waals surface area contributed by atoms with Crippen LogP contribution >= 0.6 is 11.6 Å². The average Bonchev–Trinajstić information content (AvgIpc) is 3.19. The van der Waals surface area contributed by atoms with Crippen LogP contribution in [-0.4, -0.2) is 21.4 Å². The van der Waals surface area contributed by atoms with Crippen LogP contribution in [0.25, 0.3) is 0 Å². The Kier molecular flexibility index (Phi) is 7.16. The number of hydrogen-bond donors (Lipinski definition) is 0. The first-order chi connectivity index (χ1) is 14.0. The molecular formula is C25H29ClN2O. The van der Waals surface area contributed by atoms with E-state index in [0.717, 1.165) is 34.7 Å². The molecule has 0 radical (unpaired) electrons. The Balaban J connectivity index is 1.83. The molecule has 1 unspecified atom stereocenters. The lowest BCUT2D eigenvalue weighted by molar-refractivity contribution is 0.0667. The molecule has 0 bridgehead atoms. The summed E-state index contributed by atoms with van der Waals surface area (Å²) in [6.07, 6.45) is 3.93. The Bertz CT molecular complexity index is 945. The summed E-state index contributed by atoms with van der Waals surface area (Å²) in [5.41, 5.74) is 4.16. The molecule has 4 heteroatoms. The lowest BCUT2D eigenvalue weighted by Crippen LogP contribution is -2.38. The molecule has 3 aromatic rings. The quantitative estimate of drug-likeness (QED) is 0.436. The minimum Gasteiger partial charge on any atom is -0.345 e. The van der Waals surface area contributed by atoms with Crippen LogP contribution in [0.5, 0.6) is 0 Å². The van der Waals surface area contributed by atoms with E-state index in [1.165, 1.54) is 5.56 Å². The third-order valence-electron chi connectivity index (χ3n) is 5.55. The molecule has 0 saturated carbocycles. The molecule has 0 fully saturated rings. The summed E-state index contributed by atoms with van der Waals surface area (Å²) < 4.78 is 2.17. The van der Waals surface area contributed by atoms with Crippen molar-refractivity contribution in [2.75, 3.05) is 0 Å². The van der Waals surface area contributed by atoms with Gasteiger partial charge in [0.15, 0.2) is 0 Å². The molecule has 3 nitrogen and oxygen atoms in total. The van der Waals surface area contributed by atoms with E-state index in [2.05, 4.69) is 31.4 Å². The fraction of sp³-hybridized carbons (Fsp3) is 0.320.